The monoisotopic (exact) mass is 297 g/mol. The van der Waals surface area contributed by atoms with Crippen molar-refractivity contribution in [1.29, 1.82) is 0 Å². The summed E-state index contributed by atoms with van der Waals surface area (Å²) in [5.41, 5.74) is 6.88. The molecule has 0 saturated carbocycles. The molecule has 110 valence electrons. The van der Waals surface area contributed by atoms with Crippen molar-refractivity contribution < 1.29 is 17.7 Å². The number of rotatable bonds is 3. The molecule has 0 heterocycles. The Hall–Kier alpha value is -1.63. The zero-order chi connectivity index (χ0) is 15.2. The fraction of sp³-hybridized carbons (Fsp3) is 0.286. The Balaban J connectivity index is 0.000000347. The minimum Gasteiger partial charge on any atom is -0.497 e. The van der Waals surface area contributed by atoms with Gasteiger partial charge in [0.1, 0.15) is 5.75 Å². The van der Waals surface area contributed by atoms with E-state index in [4.69, 9.17) is 15.0 Å². The Labute approximate surface area is 119 Å². The number of benzene rings is 2. The third-order valence-electron chi connectivity index (χ3n) is 2.59. The number of ether oxygens (including phenoxy) is 1. The molecule has 0 aliphatic heterocycles. The van der Waals surface area contributed by atoms with Gasteiger partial charge in [0.15, 0.2) is 0 Å². The molecule has 0 aromatic heterocycles. The van der Waals surface area contributed by atoms with Gasteiger partial charge < -0.3 is 10.5 Å². The van der Waals surface area contributed by atoms with Crippen molar-refractivity contribution in [2.45, 2.75) is 6.42 Å². The van der Waals surface area contributed by atoms with Crippen molar-refractivity contribution in [1.82, 2.24) is 0 Å². The Bertz CT molecular complexity index is 660. The molecule has 0 spiro atoms. The molecule has 2 aromatic carbocycles. The smallest absolute Gasteiger partial charge is 0.261 e. The van der Waals surface area contributed by atoms with Crippen molar-refractivity contribution in [3.05, 3.63) is 42.0 Å². The highest BCUT2D eigenvalue weighted by molar-refractivity contribution is 7.85. The maximum absolute atomic E-state index is 9.19. The molecule has 2 rings (SSSR count). The number of fused-ring (bicyclic) bond motifs is 1. The number of hydrogen-bond donors (Lipinski definition) is 2. The summed E-state index contributed by atoms with van der Waals surface area (Å²) in [6, 6.07) is 12.4. The van der Waals surface area contributed by atoms with Crippen LogP contribution < -0.4 is 10.5 Å². The van der Waals surface area contributed by atoms with E-state index in [2.05, 4.69) is 30.3 Å². The molecule has 6 heteroatoms. The van der Waals surface area contributed by atoms with Gasteiger partial charge in [-0.2, -0.15) is 8.42 Å². The first kappa shape index (κ1) is 16.4. The van der Waals surface area contributed by atoms with Crippen LogP contribution in [0.5, 0.6) is 5.75 Å². The topological polar surface area (TPSA) is 89.6 Å². The lowest BCUT2D eigenvalue weighted by Gasteiger charge is -2.07. The van der Waals surface area contributed by atoms with Crippen LogP contribution in [0.2, 0.25) is 0 Å². The van der Waals surface area contributed by atoms with Gasteiger partial charge in [-0.25, -0.2) is 0 Å². The van der Waals surface area contributed by atoms with E-state index in [0.29, 0.717) is 12.8 Å². The Morgan fingerprint density at radius 2 is 1.90 bits per heavy atom. The van der Waals surface area contributed by atoms with Gasteiger partial charge in [0.25, 0.3) is 10.1 Å². The summed E-state index contributed by atoms with van der Waals surface area (Å²) in [6.07, 6.45) is 1.62. The number of hydrogen-bond acceptors (Lipinski definition) is 4. The van der Waals surface area contributed by atoms with E-state index in [-0.39, 0.29) is 0 Å². The van der Waals surface area contributed by atoms with Gasteiger partial charge in [-0.1, -0.05) is 24.3 Å². The molecule has 0 aliphatic carbocycles. The summed E-state index contributed by atoms with van der Waals surface area (Å²) in [6.45, 7) is 0.677. The molecule has 3 N–H and O–H groups in total. The SMILES string of the molecule is COc1ccc2cccc(CCN)c2c1.CS(=O)(=O)O. The molecule has 0 atom stereocenters. The van der Waals surface area contributed by atoms with E-state index >= 15 is 0 Å². The maximum Gasteiger partial charge on any atom is 0.261 e. The lowest BCUT2D eigenvalue weighted by molar-refractivity contribution is 0.415. The number of methoxy groups -OCH3 is 1. The summed E-state index contributed by atoms with van der Waals surface area (Å²) in [7, 11) is -1.98. The van der Waals surface area contributed by atoms with E-state index < -0.39 is 10.1 Å². The summed E-state index contributed by atoms with van der Waals surface area (Å²) < 4.78 is 31.1. The average molecular weight is 297 g/mol. The van der Waals surface area contributed by atoms with Crippen LogP contribution in [0.1, 0.15) is 5.56 Å². The van der Waals surface area contributed by atoms with Gasteiger partial charge in [-0.15, -0.1) is 0 Å². The Kier molecular flexibility index (Phi) is 5.94. The first-order chi connectivity index (χ1) is 9.35. The van der Waals surface area contributed by atoms with Crippen molar-refractivity contribution in [2.24, 2.45) is 5.73 Å². The van der Waals surface area contributed by atoms with Gasteiger partial charge in [0, 0.05) is 0 Å². The van der Waals surface area contributed by atoms with Crippen LogP contribution in [0.25, 0.3) is 10.8 Å². The first-order valence-corrected chi connectivity index (χ1v) is 7.88. The molecule has 0 radical (unpaired) electrons. The van der Waals surface area contributed by atoms with Crippen LogP contribution >= 0.6 is 0 Å². The largest absolute Gasteiger partial charge is 0.497 e. The number of nitrogens with two attached hydrogens (primary N) is 1. The zero-order valence-corrected chi connectivity index (χ0v) is 12.4. The van der Waals surface area contributed by atoms with Crippen molar-refractivity contribution in [2.75, 3.05) is 19.9 Å². The Morgan fingerprint density at radius 3 is 2.45 bits per heavy atom. The molecule has 0 bridgehead atoms. The van der Waals surface area contributed by atoms with Crippen molar-refractivity contribution in [3.8, 4) is 5.75 Å². The van der Waals surface area contributed by atoms with Gasteiger partial charge in [0.05, 0.1) is 13.4 Å². The van der Waals surface area contributed by atoms with E-state index in [1.54, 1.807) is 7.11 Å². The quantitative estimate of drug-likeness (QED) is 0.844. The third kappa shape index (κ3) is 5.56. The second-order valence-corrected chi connectivity index (χ2v) is 5.74. The van der Waals surface area contributed by atoms with Crippen LogP contribution in [0.15, 0.2) is 36.4 Å². The highest BCUT2D eigenvalue weighted by atomic mass is 32.2. The lowest BCUT2D eigenvalue weighted by Crippen LogP contribution is -2.03. The normalized spacial score (nSPS) is 10.8. The van der Waals surface area contributed by atoms with E-state index in [1.807, 2.05) is 6.07 Å². The van der Waals surface area contributed by atoms with Gasteiger partial charge >= 0.3 is 0 Å². The standard InChI is InChI=1S/C13H15NO.CH4O3S/c1-15-12-6-5-10-3-2-4-11(7-8-14)13(10)9-12;1-5(2,3)4/h2-6,9H,7-8,14H2,1H3;1H3,(H,2,3,4). The second kappa shape index (κ2) is 7.23. The minimum absolute atomic E-state index is 0.677. The van der Waals surface area contributed by atoms with Crippen LogP contribution in [0.4, 0.5) is 0 Å². The highest BCUT2D eigenvalue weighted by Crippen LogP contribution is 2.24. The van der Waals surface area contributed by atoms with Crippen LogP contribution in [0.3, 0.4) is 0 Å². The summed E-state index contributed by atoms with van der Waals surface area (Å²) in [5, 5.41) is 2.48. The fourth-order valence-corrected chi connectivity index (χ4v) is 1.82. The van der Waals surface area contributed by atoms with E-state index in [1.165, 1.54) is 16.3 Å². The summed E-state index contributed by atoms with van der Waals surface area (Å²) in [4.78, 5) is 0. The first-order valence-electron chi connectivity index (χ1n) is 6.03. The molecule has 0 fully saturated rings. The van der Waals surface area contributed by atoms with Crippen molar-refractivity contribution in [3.63, 3.8) is 0 Å². The summed E-state index contributed by atoms with van der Waals surface area (Å²) >= 11 is 0. The predicted octanol–water partition coefficient (Wildman–Crippen LogP) is 1.85. The second-order valence-electron chi connectivity index (χ2n) is 4.28. The predicted molar refractivity (Wildman–Crippen MR) is 80.7 cm³/mol. The molecule has 2 aromatic rings. The van der Waals surface area contributed by atoms with Crippen molar-refractivity contribution >= 4 is 20.9 Å². The van der Waals surface area contributed by atoms with E-state index in [0.717, 1.165) is 12.2 Å². The highest BCUT2D eigenvalue weighted by Gasteiger charge is 2.01. The average Bonchev–Trinajstić information content (AvgIpc) is 2.37. The van der Waals surface area contributed by atoms with Gasteiger partial charge in [-0.05, 0) is 41.4 Å². The fourth-order valence-electron chi connectivity index (χ4n) is 1.82. The van der Waals surface area contributed by atoms with Crippen LogP contribution in [-0.2, 0) is 16.5 Å². The van der Waals surface area contributed by atoms with Crippen LogP contribution in [0, 0.1) is 0 Å². The molecule has 0 unspecified atom stereocenters. The molecule has 0 saturated heterocycles. The molecule has 20 heavy (non-hydrogen) atoms. The van der Waals surface area contributed by atoms with Crippen LogP contribution in [-0.4, -0.2) is 32.9 Å². The zero-order valence-electron chi connectivity index (χ0n) is 11.5. The van der Waals surface area contributed by atoms with E-state index in [9.17, 15) is 8.42 Å². The summed E-state index contributed by atoms with van der Waals surface area (Å²) in [5.74, 6) is 0.895. The third-order valence-corrected chi connectivity index (χ3v) is 2.59. The minimum atomic E-state index is -3.67. The maximum atomic E-state index is 9.19. The van der Waals surface area contributed by atoms with Gasteiger partial charge in [0.2, 0.25) is 0 Å². The molecule has 0 aliphatic rings. The molecule has 5 nitrogen and oxygen atoms in total. The molecular weight excluding hydrogens is 278 g/mol. The van der Waals surface area contributed by atoms with Gasteiger partial charge in [-0.3, -0.25) is 4.55 Å². The Morgan fingerprint density at radius 1 is 1.25 bits per heavy atom. The molecule has 0 amide bonds. The lowest BCUT2D eigenvalue weighted by atomic mass is 10.0. The molecular formula is C14H19NO4S.